The summed E-state index contributed by atoms with van der Waals surface area (Å²) in [5.41, 5.74) is 11.9. The molecule has 0 spiro atoms. The zero-order valence-electron chi connectivity index (χ0n) is 22.0. The number of benzene rings is 3. The highest BCUT2D eigenvalue weighted by molar-refractivity contribution is 5.80. The monoisotopic (exact) mass is 463 g/mol. The van der Waals surface area contributed by atoms with Gasteiger partial charge in [-0.25, -0.2) is 4.98 Å². The molecule has 0 amide bonds. The van der Waals surface area contributed by atoms with Crippen molar-refractivity contribution in [3.63, 3.8) is 0 Å². The number of aryl methyl sites for hydroxylation is 3. The van der Waals surface area contributed by atoms with E-state index in [2.05, 4.69) is 112 Å². The Bertz CT molecular complexity index is 1340. The van der Waals surface area contributed by atoms with Crippen LogP contribution in [-0.4, -0.2) is 16.1 Å². The van der Waals surface area contributed by atoms with E-state index in [1.165, 1.54) is 50.4 Å². The molecular formula is C32H37N3. The van der Waals surface area contributed by atoms with Crippen molar-refractivity contribution in [2.45, 2.75) is 66.2 Å². The van der Waals surface area contributed by atoms with Crippen LogP contribution in [0.25, 0.3) is 17.1 Å². The van der Waals surface area contributed by atoms with Crippen LogP contribution in [-0.2, 0) is 11.8 Å². The second kappa shape index (κ2) is 9.03. The van der Waals surface area contributed by atoms with Crippen molar-refractivity contribution < 1.29 is 0 Å². The zero-order chi connectivity index (χ0) is 24.7. The Morgan fingerprint density at radius 1 is 0.943 bits per heavy atom. The molecule has 0 saturated heterocycles. The molecule has 4 aromatic rings. The molecule has 0 unspecified atom stereocenters. The topological polar surface area (TPSA) is 21.1 Å². The van der Waals surface area contributed by atoms with Crippen molar-refractivity contribution in [3.05, 3.63) is 94.8 Å². The van der Waals surface area contributed by atoms with Gasteiger partial charge >= 0.3 is 0 Å². The summed E-state index contributed by atoms with van der Waals surface area (Å²) in [4.78, 5) is 7.51. The third-order valence-corrected chi connectivity index (χ3v) is 7.81. The highest BCUT2D eigenvalue weighted by Crippen LogP contribution is 2.45. The van der Waals surface area contributed by atoms with Gasteiger partial charge in [-0.3, -0.25) is 4.57 Å². The first-order valence-corrected chi connectivity index (χ1v) is 12.9. The lowest BCUT2D eigenvalue weighted by Crippen LogP contribution is -2.27. The van der Waals surface area contributed by atoms with E-state index in [-0.39, 0.29) is 5.41 Å². The number of hydrogen-bond acceptors (Lipinski definition) is 2. The van der Waals surface area contributed by atoms with Crippen LogP contribution in [0, 0.1) is 20.8 Å². The van der Waals surface area contributed by atoms with Crippen LogP contribution in [0.4, 0.5) is 11.4 Å². The predicted molar refractivity (Wildman–Crippen MR) is 148 cm³/mol. The quantitative estimate of drug-likeness (QED) is 0.297. The second-order valence-electron chi connectivity index (χ2n) is 10.7. The Labute approximate surface area is 210 Å². The molecule has 35 heavy (non-hydrogen) atoms. The third kappa shape index (κ3) is 4.07. The number of nitrogens with zero attached hydrogens (tertiary/aromatic N) is 3. The summed E-state index contributed by atoms with van der Waals surface area (Å²) >= 11 is 0. The highest BCUT2D eigenvalue weighted by Gasteiger charge is 2.31. The van der Waals surface area contributed by atoms with E-state index in [4.69, 9.17) is 4.98 Å². The van der Waals surface area contributed by atoms with Crippen LogP contribution >= 0.6 is 0 Å². The van der Waals surface area contributed by atoms with Crippen LogP contribution < -0.4 is 4.90 Å². The molecular weight excluding hydrogens is 426 g/mol. The summed E-state index contributed by atoms with van der Waals surface area (Å²) in [6.45, 7) is 14.7. The smallest absolute Gasteiger partial charge is 0.145 e. The van der Waals surface area contributed by atoms with E-state index in [0.29, 0.717) is 0 Å². The van der Waals surface area contributed by atoms with Gasteiger partial charge in [-0.15, -0.1) is 0 Å². The fourth-order valence-electron chi connectivity index (χ4n) is 5.78. The molecule has 0 saturated carbocycles. The maximum atomic E-state index is 5.03. The summed E-state index contributed by atoms with van der Waals surface area (Å²) < 4.78 is 2.33. The molecule has 0 atom stereocenters. The van der Waals surface area contributed by atoms with Crippen LogP contribution in [0.1, 0.15) is 61.4 Å². The fraction of sp³-hybridized carbons (Fsp3) is 0.344. The van der Waals surface area contributed by atoms with Gasteiger partial charge in [-0.05, 0) is 85.9 Å². The molecule has 5 rings (SSSR count). The van der Waals surface area contributed by atoms with E-state index < -0.39 is 0 Å². The lowest BCUT2D eigenvalue weighted by molar-refractivity contribution is 0.506. The minimum absolute atomic E-state index is 0.0491. The Kier molecular flexibility index (Phi) is 6.04. The lowest BCUT2D eigenvalue weighted by Gasteiger charge is -2.36. The van der Waals surface area contributed by atoms with Crippen LogP contribution in [0.3, 0.4) is 0 Å². The fourth-order valence-corrected chi connectivity index (χ4v) is 5.78. The van der Waals surface area contributed by atoms with Crippen molar-refractivity contribution in [3.8, 4) is 17.1 Å². The average molecular weight is 464 g/mol. The summed E-state index contributed by atoms with van der Waals surface area (Å²) in [7, 11) is 0. The highest BCUT2D eigenvalue weighted by atomic mass is 15.1. The molecule has 0 bridgehead atoms. The normalized spacial score (nSPS) is 13.7. The molecule has 3 heteroatoms. The first-order valence-electron chi connectivity index (χ1n) is 12.9. The average Bonchev–Trinajstić information content (AvgIpc) is 3.31. The Balaban J connectivity index is 1.79. The number of anilines is 2. The van der Waals surface area contributed by atoms with Crippen molar-refractivity contribution in [1.82, 2.24) is 9.55 Å². The summed E-state index contributed by atoms with van der Waals surface area (Å²) in [5, 5.41) is 0. The summed E-state index contributed by atoms with van der Waals surface area (Å²) in [6, 6.07) is 20.1. The van der Waals surface area contributed by atoms with Gasteiger partial charge in [-0.2, -0.15) is 0 Å². The van der Waals surface area contributed by atoms with Gasteiger partial charge in [0.2, 0.25) is 0 Å². The first-order chi connectivity index (χ1) is 16.8. The maximum Gasteiger partial charge on any atom is 0.145 e. The SMILES string of the molecule is CCC(C)(C)c1ccc2c(c1-c1nccn1-c1c(C)cc(C)cc1C)CCCN2c1ccccc1. The van der Waals surface area contributed by atoms with E-state index in [0.717, 1.165) is 31.6 Å². The van der Waals surface area contributed by atoms with Crippen LogP contribution in [0.2, 0.25) is 0 Å². The molecule has 0 fully saturated rings. The largest absolute Gasteiger partial charge is 0.341 e. The van der Waals surface area contributed by atoms with E-state index >= 15 is 0 Å². The first kappa shape index (κ1) is 23.4. The van der Waals surface area contributed by atoms with Crippen molar-refractivity contribution in [2.24, 2.45) is 0 Å². The predicted octanol–water partition coefficient (Wildman–Crippen LogP) is 8.24. The van der Waals surface area contributed by atoms with Crippen LogP contribution in [0.5, 0.6) is 0 Å². The van der Waals surface area contributed by atoms with Gasteiger partial charge in [0.1, 0.15) is 5.82 Å². The molecule has 0 radical (unpaired) electrons. The minimum atomic E-state index is 0.0491. The van der Waals surface area contributed by atoms with Crippen molar-refractivity contribution in [2.75, 3.05) is 11.4 Å². The molecule has 1 aromatic heterocycles. The van der Waals surface area contributed by atoms with Crippen LogP contribution in [0.15, 0.2) is 67.0 Å². The molecule has 0 N–H and O–H groups in total. The van der Waals surface area contributed by atoms with Gasteiger partial charge in [0.25, 0.3) is 0 Å². The van der Waals surface area contributed by atoms with E-state index in [9.17, 15) is 0 Å². The van der Waals surface area contributed by atoms with Gasteiger partial charge in [0.15, 0.2) is 0 Å². The zero-order valence-corrected chi connectivity index (χ0v) is 22.0. The Morgan fingerprint density at radius 2 is 1.66 bits per heavy atom. The number of hydrogen-bond donors (Lipinski definition) is 0. The minimum Gasteiger partial charge on any atom is -0.341 e. The summed E-state index contributed by atoms with van der Waals surface area (Å²) in [6.07, 6.45) is 7.38. The van der Waals surface area contributed by atoms with Crippen molar-refractivity contribution >= 4 is 11.4 Å². The molecule has 3 nitrogen and oxygen atoms in total. The van der Waals surface area contributed by atoms with Crippen molar-refractivity contribution in [1.29, 1.82) is 0 Å². The van der Waals surface area contributed by atoms with Gasteiger partial charge in [-0.1, -0.05) is 62.7 Å². The van der Waals surface area contributed by atoms with Gasteiger partial charge in [0.05, 0.1) is 5.69 Å². The van der Waals surface area contributed by atoms with E-state index in [1.54, 1.807) is 0 Å². The molecule has 3 aromatic carbocycles. The molecule has 1 aliphatic rings. The van der Waals surface area contributed by atoms with Gasteiger partial charge in [0, 0.05) is 35.9 Å². The van der Waals surface area contributed by atoms with Gasteiger partial charge < -0.3 is 4.90 Å². The third-order valence-electron chi connectivity index (χ3n) is 7.81. The standard InChI is InChI=1S/C32H37N3/c1-7-32(5,6)27-15-16-28-26(14-11-18-34(28)25-12-9-8-10-13-25)29(27)31-33-17-19-35(31)30-23(3)20-22(2)21-24(30)4/h8-10,12-13,15-17,19-21H,7,11,14,18H2,1-6H3. The summed E-state index contributed by atoms with van der Waals surface area (Å²) in [5.74, 6) is 1.06. The number of aromatic nitrogens is 2. The molecule has 1 aliphatic heterocycles. The molecule has 0 aliphatic carbocycles. The second-order valence-corrected chi connectivity index (χ2v) is 10.7. The lowest BCUT2D eigenvalue weighted by atomic mass is 9.76. The Morgan fingerprint density at radius 3 is 2.34 bits per heavy atom. The molecule has 180 valence electrons. The Hall–Kier alpha value is -3.33. The molecule has 2 heterocycles. The maximum absolute atomic E-state index is 5.03. The number of rotatable bonds is 5. The number of imidazole rings is 1. The number of fused-ring (bicyclic) bond motifs is 1. The number of para-hydroxylation sites is 1. The van der Waals surface area contributed by atoms with E-state index in [1.807, 2.05) is 6.20 Å².